The van der Waals surface area contributed by atoms with Crippen LogP contribution in [0.4, 0.5) is 5.69 Å². The van der Waals surface area contributed by atoms with Gasteiger partial charge in [-0.05, 0) is 31.5 Å². The van der Waals surface area contributed by atoms with Gasteiger partial charge >= 0.3 is 0 Å². The summed E-state index contributed by atoms with van der Waals surface area (Å²) in [6.45, 7) is 4.29. The Morgan fingerprint density at radius 1 is 1.38 bits per heavy atom. The predicted octanol–water partition coefficient (Wildman–Crippen LogP) is 2.22. The highest BCUT2D eigenvalue weighted by molar-refractivity contribution is 5.97. The van der Waals surface area contributed by atoms with Crippen molar-refractivity contribution >= 4 is 11.6 Å². The molecule has 21 heavy (non-hydrogen) atoms. The van der Waals surface area contributed by atoms with E-state index in [0.29, 0.717) is 30.4 Å². The Morgan fingerprint density at radius 2 is 2.19 bits per heavy atom. The summed E-state index contributed by atoms with van der Waals surface area (Å²) in [4.78, 5) is 18.3. The van der Waals surface area contributed by atoms with Crippen molar-refractivity contribution < 1.29 is 14.1 Å². The number of ether oxygens (including phenoxy) is 1. The molecule has 6 nitrogen and oxygen atoms in total. The number of anilines is 1. The molecule has 110 valence electrons. The molecular weight excluding hydrogens is 270 g/mol. The molecule has 6 heteroatoms. The number of amides is 1. The fourth-order valence-corrected chi connectivity index (χ4v) is 2.60. The minimum atomic E-state index is -0.0658. The maximum absolute atomic E-state index is 12.3. The number of rotatable bonds is 3. The SMILES string of the molecule is COc1ccc(C)cc1N1CC(c2nc(C)no2)CC1=O. The minimum Gasteiger partial charge on any atom is -0.495 e. The first-order valence-corrected chi connectivity index (χ1v) is 6.83. The van der Waals surface area contributed by atoms with Gasteiger partial charge in [-0.2, -0.15) is 4.98 Å². The fraction of sp³-hybridized carbons (Fsp3) is 0.400. The van der Waals surface area contributed by atoms with Gasteiger partial charge < -0.3 is 14.2 Å². The van der Waals surface area contributed by atoms with Crippen LogP contribution < -0.4 is 9.64 Å². The van der Waals surface area contributed by atoms with Gasteiger partial charge in [0.25, 0.3) is 0 Å². The van der Waals surface area contributed by atoms with E-state index in [9.17, 15) is 4.79 Å². The summed E-state index contributed by atoms with van der Waals surface area (Å²) in [5, 5.41) is 3.79. The summed E-state index contributed by atoms with van der Waals surface area (Å²) in [6, 6.07) is 5.79. The van der Waals surface area contributed by atoms with Crippen molar-refractivity contribution in [3.8, 4) is 5.75 Å². The zero-order chi connectivity index (χ0) is 15.0. The summed E-state index contributed by atoms with van der Waals surface area (Å²) in [5.41, 5.74) is 1.87. The maximum atomic E-state index is 12.3. The van der Waals surface area contributed by atoms with Crippen molar-refractivity contribution in [3.63, 3.8) is 0 Å². The van der Waals surface area contributed by atoms with Crippen molar-refractivity contribution in [1.29, 1.82) is 0 Å². The first kappa shape index (κ1) is 13.6. The number of nitrogens with zero attached hydrogens (tertiary/aromatic N) is 3. The number of hydrogen-bond donors (Lipinski definition) is 0. The van der Waals surface area contributed by atoms with Gasteiger partial charge in [0.2, 0.25) is 11.8 Å². The molecule has 1 aliphatic rings. The second-order valence-corrected chi connectivity index (χ2v) is 5.26. The number of hydrogen-bond acceptors (Lipinski definition) is 5. The Balaban J connectivity index is 1.90. The lowest BCUT2D eigenvalue weighted by atomic mass is 10.1. The first-order chi connectivity index (χ1) is 10.1. The van der Waals surface area contributed by atoms with Gasteiger partial charge in [-0.25, -0.2) is 0 Å². The van der Waals surface area contributed by atoms with Crippen molar-refractivity contribution in [2.75, 3.05) is 18.6 Å². The number of carbonyl (C=O) groups is 1. The van der Waals surface area contributed by atoms with Crippen LogP contribution in [0.3, 0.4) is 0 Å². The Bertz CT molecular complexity index is 681. The van der Waals surface area contributed by atoms with E-state index in [1.54, 1.807) is 18.9 Å². The van der Waals surface area contributed by atoms with Crippen LogP contribution in [-0.2, 0) is 4.79 Å². The van der Waals surface area contributed by atoms with Crippen LogP contribution in [0.15, 0.2) is 22.7 Å². The molecule has 1 aromatic carbocycles. The molecule has 0 saturated carbocycles. The van der Waals surface area contributed by atoms with E-state index in [0.717, 1.165) is 11.3 Å². The lowest BCUT2D eigenvalue weighted by molar-refractivity contribution is -0.117. The van der Waals surface area contributed by atoms with Crippen LogP contribution in [0.2, 0.25) is 0 Å². The molecule has 0 aliphatic carbocycles. The third-order valence-electron chi connectivity index (χ3n) is 3.64. The highest BCUT2D eigenvalue weighted by Crippen LogP contribution is 2.36. The molecule has 2 heterocycles. The summed E-state index contributed by atoms with van der Waals surface area (Å²) in [6.07, 6.45) is 0.374. The molecule has 0 bridgehead atoms. The van der Waals surface area contributed by atoms with Gasteiger partial charge in [-0.3, -0.25) is 4.79 Å². The Hall–Kier alpha value is -2.37. The molecular formula is C15H17N3O3. The van der Waals surface area contributed by atoms with Crippen LogP contribution in [0.25, 0.3) is 0 Å². The van der Waals surface area contributed by atoms with Gasteiger partial charge in [-0.1, -0.05) is 11.2 Å². The third-order valence-corrected chi connectivity index (χ3v) is 3.64. The Kier molecular flexibility index (Phi) is 3.37. The lowest BCUT2D eigenvalue weighted by Crippen LogP contribution is -2.25. The Morgan fingerprint density at radius 3 is 2.86 bits per heavy atom. The molecule has 1 unspecified atom stereocenters. The standard InChI is InChI=1S/C15H17N3O3/c1-9-4-5-13(20-3)12(6-9)18-8-11(7-14(18)19)15-16-10(2)17-21-15/h4-6,11H,7-8H2,1-3H3. The fourth-order valence-electron chi connectivity index (χ4n) is 2.60. The van der Waals surface area contributed by atoms with Crippen LogP contribution in [-0.4, -0.2) is 29.7 Å². The monoisotopic (exact) mass is 287 g/mol. The Labute approximate surface area is 122 Å². The average Bonchev–Trinajstić information content (AvgIpc) is 3.05. The van der Waals surface area contributed by atoms with E-state index in [1.165, 1.54) is 0 Å². The third kappa shape index (κ3) is 2.49. The molecule has 1 aromatic heterocycles. The van der Waals surface area contributed by atoms with Gasteiger partial charge in [0.15, 0.2) is 5.82 Å². The number of benzene rings is 1. The summed E-state index contributed by atoms with van der Waals surface area (Å²) in [5.74, 6) is 1.78. The van der Waals surface area contributed by atoms with Crippen molar-refractivity contribution in [3.05, 3.63) is 35.5 Å². The van der Waals surface area contributed by atoms with E-state index in [-0.39, 0.29) is 11.8 Å². The lowest BCUT2D eigenvalue weighted by Gasteiger charge is -2.19. The second-order valence-electron chi connectivity index (χ2n) is 5.26. The van der Waals surface area contributed by atoms with Gasteiger partial charge in [0.05, 0.1) is 18.7 Å². The topological polar surface area (TPSA) is 68.5 Å². The molecule has 0 N–H and O–H groups in total. The molecule has 1 saturated heterocycles. The molecule has 3 rings (SSSR count). The van der Waals surface area contributed by atoms with E-state index >= 15 is 0 Å². The van der Waals surface area contributed by atoms with E-state index in [2.05, 4.69) is 10.1 Å². The molecule has 1 atom stereocenters. The first-order valence-electron chi connectivity index (χ1n) is 6.83. The van der Waals surface area contributed by atoms with Gasteiger partial charge in [0, 0.05) is 13.0 Å². The number of methoxy groups -OCH3 is 1. The predicted molar refractivity (Wildman–Crippen MR) is 76.5 cm³/mol. The van der Waals surface area contributed by atoms with Crippen molar-refractivity contribution in [1.82, 2.24) is 10.1 Å². The molecule has 1 aliphatic heterocycles. The highest BCUT2D eigenvalue weighted by Gasteiger charge is 2.36. The average molecular weight is 287 g/mol. The van der Waals surface area contributed by atoms with Crippen molar-refractivity contribution in [2.45, 2.75) is 26.2 Å². The van der Waals surface area contributed by atoms with E-state index in [4.69, 9.17) is 9.26 Å². The molecule has 2 aromatic rings. The molecule has 0 spiro atoms. The zero-order valence-electron chi connectivity index (χ0n) is 12.3. The smallest absolute Gasteiger partial charge is 0.232 e. The number of aromatic nitrogens is 2. The summed E-state index contributed by atoms with van der Waals surface area (Å²) >= 11 is 0. The molecule has 1 amide bonds. The van der Waals surface area contributed by atoms with Crippen LogP contribution >= 0.6 is 0 Å². The van der Waals surface area contributed by atoms with E-state index in [1.807, 2.05) is 25.1 Å². The summed E-state index contributed by atoms with van der Waals surface area (Å²) in [7, 11) is 1.60. The minimum absolute atomic E-state index is 0.0414. The van der Waals surface area contributed by atoms with Gasteiger partial charge in [-0.15, -0.1) is 0 Å². The quantitative estimate of drug-likeness (QED) is 0.865. The number of carbonyl (C=O) groups excluding carboxylic acids is 1. The zero-order valence-corrected chi connectivity index (χ0v) is 12.3. The maximum Gasteiger partial charge on any atom is 0.232 e. The normalized spacial score (nSPS) is 18.3. The highest BCUT2D eigenvalue weighted by atomic mass is 16.5. The second kappa shape index (κ2) is 5.20. The van der Waals surface area contributed by atoms with Crippen LogP contribution in [0.1, 0.15) is 29.6 Å². The summed E-state index contributed by atoms with van der Waals surface area (Å²) < 4.78 is 10.6. The molecule has 0 radical (unpaired) electrons. The molecule has 1 fully saturated rings. The van der Waals surface area contributed by atoms with Crippen molar-refractivity contribution in [2.24, 2.45) is 0 Å². The van der Waals surface area contributed by atoms with Crippen LogP contribution in [0.5, 0.6) is 5.75 Å². The van der Waals surface area contributed by atoms with Crippen LogP contribution in [0, 0.1) is 13.8 Å². The largest absolute Gasteiger partial charge is 0.495 e. The van der Waals surface area contributed by atoms with Gasteiger partial charge in [0.1, 0.15) is 5.75 Å². The number of aryl methyl sites for hydroxylation is 2. The van der Waals surface area contributed by atoms with E-state index < -0.39 is 0 Å².